The average molecular weight is 377 g/mol. The van der Waals surface area contributed by atoms with Gasteiger partial charge in [-0.2, -0.15) is 28.4 Å². The Morgan fingerprint density at radius 3 is 2.46 bits per heavy atom. The molecule has 12 heteroatoms. The first kappa shape index (κ1) is 19.8. The number of halogens is 3. The topological polar surface area (TPSA) is 114 Å². The first-order valence-corrected chi connectivity index (χ1v) is 7.65. The van der Waals surface area contributed by atoms with E-state index in [0.717, 1.165) is 0 Å². The summed E-state index contributed by atoms with van der Waals surface area (Å²) in [6, 6.07) is 0. The largest absolute Gasteiger partial charge is 0.438 e. The highest BCUT2D eigenvalue weighted by Gasteiger charge is 2.63. The fraction of sp³-hybridized carbons (Fsp3) is 0.643. The highest BCUT2D eigenvalue weighted by Crippen LogP contribution is 2.41. The molecule has 144 valence electrons. The molecule has 1 aliphatic heterocycles. The highest BCUT2D eigenvalue weighted by atomic mass is 19.4. The molecule has 0 aromatic carbocycles. The molecule has 1 aromatic heterocycles. The van der Waals surface area contributed by atoms with Crippen LogP contribution < -0.4 is 0 Å². The van der Waals surface area contributed by atoms with Crippen LogP contribution in [0.15, 0.2) is 5.10 Å². The number of hydrazone groups is 1. The molecule has 0 saturated carbocycles. The second-order valence-electron chi connectivity index (χ2n) is 6.34. The Kier molecular flexibility index (Phi) is 4.83. The molecule has 9 nitrogen and oxygen atoms in total. The number of hydrogen-bond donors (Lipinski definition) is 1. The Morgan fingerprint density at radius 2 is 2.00 bits per heavy atom. The summed E-state index contributed by atoms with van der Waals surface area (Å²) in [5.41, 5.74) is -3.34. The maximum Gasteiger partial charge on any atom is 0.438 e. The van der Waals surface area contributed by atoms with Gasteiger partial charge < -0.3 is 5.11 Å². The van der Waals surface area contributed by atoms with Gasteiger partial charge in [0.1, 0.15) is 11.4 Å². The minimum absolute atomic E-state index is 0.0351. The first-order valence-electron chi connectivity index (χ1n) is 7.65. The molecule has 0 spiro atoms. The summed E-state index contributed by atoms with van der Waals surface area (Å²) in [4.78, 5) is 22.9. The molecular formula is C14H18F3N5O4. The van der Waals surface area contributed by atoms with Crippen molar-refractivity contribution in [3.63, 3.8) is 0 Å². The van der Waals surface area contributed by atoms with Crippen LogP contribution in [0.25, 0.3) is 0 Å². The Morgan fingerprint density at radius 1 is 1.42 bits per heavy atom. The van der Waals surface area contributed by atoms with Gasteiger partial charge in [0.2, 0.25) is 5.91 Å². The van der Waals surface area contributed by atoms with Crippen LogP contribution in [-0.2, 0) is 11.3 Å². The number of nitro groups is 1. The van der Waals surface area contributed by atoms with E-state index >= 15 is 0 Å². The normalized spacial score (nSPS) is 21.7. The molecule has 0 bridgehead atoms. The monoisotopic (exact) mass is 377 g/mol. The molecule has 0 unspecified atom stereocenters. The lowest BCUT2D eigenvalue weighted by Gasteiger charge is -2.33. The molecule has 1 N–H and O–H groups in total. The van der Waals surface area contributed by atoms with Crippen LogP contribution in [0.5, 0.6) is 0 Å². The smallest absolute Gasteiger partial charge is 0.362 e. The van der Waals surface area contributed by atoms with Gasteiger partial charge in [-0.3, -0.25) is 19.6 Å². The third-order valence-electron chi connectivity index (χ3n) is 4.18. The zero-order chi connectivity index (χ0) is 20.0. The van der Waals surface area contributed by atoms with Gasteiger partial charge in [-0.1, -0.05) is 6.92 Å². The van der Waals surface area contributed by atoms with Crippen molar-refractivity contribution in [2.75, 3.05) is 0 Å². The van der Waals surface area contributed by atoms with Crippen molar-refractivity contribution in [3.8, 4) is 0 Å². The first-order chi connectivity index (χ1) is 11.8. The SMILES string of the molecule is CC1=NN(C(=O)[C@@H](C)Cn2nc(C)c([N+](=O)[O-])c2C)[C@@](O)(C(F)(F)F)C1. The van der Waals surface area contributed by atoms with Gasteiger partial charge in [0, 0.05) is 12.1 Å². The van der Waals surface area contributed by atoms with Crippen molar-refractivity contribution in [3.05, 3.63) is 21.5 Å². The van der Waals surface area contributed by atoms with Crippen LogP contribution in [0.3, 0.4) is 0 Å². The van der Waals surface area contributed by atoms with Crippen molar-refractivity contribution in [2.24, 2.45) is 11.0 Å². The number of nitrogens with zero attached hydrogens (tertiary/aromatic N) is 5. The zero-order valence-electron chi connectivity index (χ0n) is 14.5. The van der Waals surface area contributed by atoms with Gasteiger partial charge in [0.05, 0.1) is 17.4 Å². The predicted octanol–water partition coefficient (Wildman–Crippen LogP) is 1.90. The van der Waals surface area contributed by atoms with Crippen LogP contribution in [0, 0.1) is 29.9 Å². The summed E-state index contributed by atoms with van der Waals surface area (Å²) in [5.74, 6) is -2.12. The third-order valence-corrected chi connectivity index (χ3v) is 4.18. The van der Waals surface area contributed by atoms with Crippen molar-refractivity contribution in [1.29, 1.82) is 0 Å². The Bertz CT molecular complexity index is 788. The molecule has 1 aromatic rings. The highest BCUT2D eigenvalue weighted by molar-refractivity contribution is 5.89. The third kappa shape index (κ3) is 3.16. The number of rotatable bonds is 4. The van der Waals surface area contributed by atoms with Gasteiger partial charge in [0.25, 0.3) is 5.72 Å². The number of aryl methyl sites for hydroxylation is 1. The van der Waals surface area contributed by atoms with Crippen molar-refractivity contribution in [1.82, 2.24) is 14.8 Å². The summed E-state index contributed by atoms with van der Waals surface area (Å²) >= 11 is 0. The van der Waals surface area contributed by atoms with Crippen molar-refractivity contribution in [2.45, 2.75) is 52.6 Å². The molecule has 0 radical (unpaired) electrons. The van der Waals surface area contributed by atoms with E-state index in [2.05, 4.69) is 10.2 Å². The lowest BCUT2D eigenvalue weighted by molar-refractivity contribution is -0.386. The van der Waals surface area contributed by atoms with E-state index in [1.165, 1.54) is 32.4 Å². The van der Waals surface area contributed by atoms with Crippen LogP contribution in [0.4, 0.5) is 18.9 Å². The molecule has 26 heavy (non-hydrogen) atoms. The van der Waals surface area contributed by atoms with E-state index in [0.29, 0.717) is 0 Å². The fourth-order valence-electron chi connectivity index (χ4n) is 2.85. The second-order valence-corrected chi connectivity index (χ2v) is 6.34. The van der Waals surface area contributed by atoms with Crippen molar-refractivity contribution < 1.29 is 28.0 Å². The van der Waals surface area contributed by atoms with Gasteiger partial charge in [-0.25, -0.2) is 0 Å². The van der Waals surface area contributed by atoms with Gasteiger partial charge >= 0.3 is 11.9 Å². The molecule has 0 saturated heterocycles. The van der Waals surface area contributed by atoms with Gasteiger partial charge in [0.15, 0.2) is 0 Å². The van der Waals surface area contributed by atoms with Crippen LogP contribution >= 0.6 is 0 Å². The van der Waals surface area contributed by atoms with Gasteiger partial charge in [-0.15, -0.1) is 0 Å². The Hall–Kier alpha value is -2.50. The molecule has 1 amide bonds. The summed E-state index contributed by atoms with van der Waals surface area (Å²) in [6.07, 6.45) is -5.92. The number of aromatic nitrogens is 2. The van der Waals surface area contributed by atoms with Gasteiger partial charge in [-0.05, 0) is 20.8 Å². The summed E-state index contributed by atoms with van der Waals surface area (Å²) in [6.45, 7) is 5.27. The minimum atomic E-state index is -5.08. The maximum absolute atomic E-state index is 13.2. The zero-order valence-corrected chi connectivity index (χ0v) is 14.5. The second kappa shape index (κ2) is 6.34. The quantitative estimate of drug-likeness (QED) is 0.636. The number of carbonyl (C=O) groups excluding carboxylic acids is 1. The van der Waals surface area contributed by atoms with E-state index in [4.69, 9.17) is 0 Å². The standard InChI is InChI=1S/C14H18F3N5O4/c1-7(6-20-10(4)11(22(25)26)9(3)19-20)12(23)21-13(24,14(15,16)17)5-8(2)18-21/h7,24H,5-6H2,1-4H3/t7-,13-/m0/s1. The molecule has 0 aliphatic carbocycles. The van der Waals surface area contributed by atoms with E-state index in [9.17, 15) is 33.2 Å². The average Bonchev–Trinajstić information content (AvgIpc) is 2.94. The predicted molar refractivity (Wildman–Crippen MR) is 83.1 cm³/mol. The lowest BCUT2D eigenvalue weighted by Crippen LogP contribution is -2.57. The molecule has 2 rings (SSSR count). The summed E-state index contributed by atoms with van der Waals surface area (Å²) in [7, 11) is 0. The molecular weight excluding hydrogens is 359 g/mol. The number of aliphatic hydroxyl groups is 1. The van der Waals surface area contributed by atoms with Crippen LogP contribution in [0.1, 0.15) is 31.7 Å². The number of amides is 1. The summed E-state index contributed by atoms with van der Waals surface area (Å²) < 4.78 is 40.8. The number of hydrogen-bond acceptors (Lipinski definition) is 6. The maximum atomic E-state index is 13.2. The Labute approximate surface area is 146 Å². The van der Waals surface area contributed by atoms with Crippen molar-refractivity contribution >= 4 is 17.3 Å². The fourth-order valence-corrected chi connectivity index (χ4v) is 2.85. The summed E-state index contributed by atoms with van der Waals surface area (Å²) in [5, 5.41) is 28.5. The van der Waals surface area contributed by atoms with E-state index in [1.54, 1.807) is 0 Å². The number of carbonyl (C=O) groups is 1. The van der Waals surface area contributed by atoms with E-state index < -0.39 is 35.1 Å². The molecule has 0 fully saturated rings. The molecule has 2 heterocycles. The minimum Gasteiger partial charge on any atom is -0.362 e. The molecule has 1 aliphatic rings. The number of alkyl halides is 3. The van der Waals surface area contributed by atoms with Crippen LogP contribution in [0.2, 0.25) is 0 Å². The Balaban J connectivity index is 2.28. The van der Waals surface area contributed by atoms with E-state index in [1.807, 2.05) is 0 Å². The lowest BCUT2D eigenvalue weighted by atomic mass is 10.0. The molecule has 2 atom stereocenters. The van der Waals surface area contributed by atoms with Crippen LogP contribution in [-0.4, -0.2) is 48.3 Å². The van der Waals surface area contributed by atoms with E-state index in [-0.39, 0.29) is 34.3 Å².